The molecule has 0 radical (unpaired) electrons. The highest BCUT2D eigenvalue weighted by molar-refractivity contribution is 7.85. The zero-order valence-electron chi connectivity index (χ0n) is 14.5. The van der Waals surface area contributed by atoms with Gasteiger partial charge in [0, 0.05) is 12.5 Å². The number of esters is 1. The van der Waals surface area contributed by atoms with Crippen LogP contribution >= 0.6 is 0 Å². The maximum Gasteiger partial charge on any atom is 0.330 e. The van der Waals surface area contributed by atoms with Crippen molar-refractivity contribution in [2.24, 2.45) is 0 Å². The summed E-state index contributed by atoms with van der Waals surface area (Å²) < 4.78 is 35.8. The molecule has 6 nitrogen and oxygen atoms in total. The number of hydrogen-bond donors (Lipinski definition) is 1. The summed E-state index contributed by atoms with van der Waals surface area (Å²) in [4.78, 5) is 10.8. The van der Waals surface area contributed by atoms with Crippen LogP contribution in [0.2, 0.25) is 0 Å². The quantitative estimate of drug-likeness (QED) is 0.171. The van der Waals surface area contributed by atoms with Crippen molar-refractivity contribution in [1.29, 1.82) is 0 Å². The Morgan fingerprint density at radius 3 is 2.13 bits per heavy atom. The largest absolute Gasteiger partial charge is 0.463 e. The Bertz CT molecular complexity index is 445. The Morgan fingerprint density at radius 2 is 1.57 bits per heavy atom. The molecule has 7 heteroatoms. The van der Waals surface area contributed by atoms with Gasteiger partial charge in [0.15, 0.2) is 0 Å². The third kappa shape index (κ3) is 15.7. The Hall–Kier alpha value is -0.920. The molecule has 0 atom stereocenters. The van der Waals surface area contributed by atoms with Crippen LogP contribution in [-0.2, 0) is 19.6 Å². The minimum absolute atomic E-state index is 0.162. The molecule has 0 rings (SSSR count). The first-order chi connectivity index (χ1) is 10.7. The number of unbranched alkanes of at least 4 members (excludes halogenated alkanes) is 5. The number of carbonyl (C=O) groups excluding carboxylic acids is 1. The smallest absolute Gasteiger partial charge is 0.330 e. The molecule has 0 aromatic rings. The molecular formula is C16H32NO5S+. The molecule has 0 saturated heterocycles. The first-order valence-electron chi connectivity index (χ1n) is 8.23. The van der Waals surface area contributed by atoms with E-state index in [0.717, 1.165) is 56.1 Å². The molecular weight excluding hydrogens is 318 g/mol. The lowest BCUT2D eigenvalue weighted by Crippen LogP contribution is -2.41. The number of nitrogens with zero attached hydrogens (tertiary/aromatic N) is 1. The van der Waals surface area contributed by atoms with Crippen LogP contribution in [0.25, 0.3) is 0 Å². The molecule has 1 N–H and O–H groups in total. The fraction of sp³-hybridized carbons (Fsp3) is 0.812. The van der Waals surface area contributed by atoms with Gasteiger partial charge in [-0.3, -0.25) is 4.55 Å². The van der Waals surface area contributed by atoms with Gasteiger partial charge in [-0.15, -0.1) is 0 Å². The molecule has 136 valence electrons. The van der Waals surface area contributed by atoms with Crippen molar-refractivity contribution in [2.75, 3.05) is 39.5 Å². The lowest BCUT2D eigenvalue weighted by Gasteiger charge is -2.29. The van der Waals surface area contributed by atoms with Gasteiger partial charge >= 0.3 is 5.97 Å². The number of carbonyl (C=O) groups is 1. The Kier molecular flexibility index (Phi) is 11.1. The minimum atomic E-state index is -3.84. The van der Waals surface area contributed by atoms with Gasteiger partial charge in [0.2, 0.25) is 0 Å². The number of rotatable bonds is 14. The van der Waals surface area contributed by atoms with E-state index in [1.807, 2.05) is 0 Å². The van der Waals surface area contributed by atoms with Crippen LogP contribution in [0.15, 0.2) is 12.7 Å². The summed E-state index contributed by atoms with van der Waals surface area (Å²) in [5, 5.41) is 0. The molecule has 0 aromatic carbocycles. The second-order valence-electron chi connectivity index (χ2n) is 6.52. The van der Waals surface area contributed by atoms with E-state index in [4.69, 9.17) is 9.29 Å². The molecule has 0 aromatic heterocycles. The highest BCUT2D eigenvalue weighted by Crippen LogP contribution is 2.09. The molecule has 0 saturated carbocycles. The van der Waals surface area contributed by atoms with Gasteiger partial charge in [-0.2, -0.15) is 8.42 Å². The third-order valence-electron chi connectivity index (χ3n) is 3.73. The highest BCUT2D eigenvalue weighted by atomic mass is 32.2. The maximum absolute atomic E-state index is 10.8. The van der Waals surface area contributed by atoms with Gasteiger partial charge in [-0.05, 0) is 19.3 Å². The molecule has 0 spiro atoms. The molecule has 0 aliphatic carbocycles. The predicted octanol–water partition coefficient (Wildman–Crippen LogP) is 2.41. The van der Waals surface area contributed by atoms with E-state index < -0.39 is 10.1 Å². The molecule has 0 amide bonds. The van der Waals surface area contributed by atoms with E-state index in [1.54, 1.807) is 0 Å². The molecule has 0 aliphatic rings. The summed E-state index contributed by atoms with van der Waals surface area (Å²) in [6.07, 6.45) is 8.12. The first-order valence-corrected chi connectivity index (χ1v) is 9.83. The van der Waals surface area contributed by atoms with Crippen molar-refractivity contribution < 1.29 is 27.0 Å². The van der Waals surface area contributed by atoms with Crippen LogP contribution in [0.1, 0.15) is 44.9 Å². The highest BCUT2D eigenvalue weighted by Gasteiger charge is 2.16. The minimum Gasteiger partial charge on any atom is -0.463 e. The SMILES string of the molecule is C=CC(=O)OCCCCCCCC[N+](C)(C)CCCS(=O)(=O)O. The fourth-order valence-corrected chi connectivity index (χ4v) is 2.86. The predicted molar refractivity (Wildman–Crippen MR) is 91.7 cm³/mol. The van der Waals surface area contributed by atoms with Gasteiger partial charge in [-0.1, -0.05) is 25.8 Å². The van der Waals surface area contributed by atoms with Crippen LogP contribution in [0.4, 0.5) is 0 Å². The lowest BCUT2D eigenvalue weighted by atomic mass is 10.1. The van der Waals surface area contributed by atoms with Gasteiger partial charge < -0.3 is 9.22 Å². The van der Waals surface area contributed by atoms with Gasteiger partial charge in [0.25, 0.3) is 10.1 Å². The Morgan fingerprint density at radius 1 is 1.04 bits per heavy atom. The fourth-order valence-electron chi connectivity index (χ4n) is 2.37. The van der Waals surface area contributed by atoms with E-state index in [-0.39, 0.29) is 11.7 Å². The molecule has 0 bridgehead atoms. The first kappa shape index (κ1) is 22.1. The molecule has 0 unspecified atom stereocenters. The normalized spacial score (nSPS) is 12.1. The number of hydrogen-bond acceptors (Lipinski definition) is 4. The number of quaternary nitrogens is 1. The average molecular weight is 351 g/mol. The van der Waals surface area contributed by atoms with Crippen LogP contribution in [0, 0.1) is 0 Å². The van der Waals surface area contributed by atoms with Gasteiger partial charge in [-0.25, -0.2) is 4.79 Å². The standard InChI is InChI=1S/C16H31NO5S/c1-4-16(18)22-14-10-8-6-5-7-9-12-17(2,3)13-11-15-23(19,20)21/h4H,1,5-15H2,2-3H3/p+1. The van der Waals surface area contributed by atoms with Crippen molar-refractivity contribution in [3.05, 3.63) is 12.7 Å². The Labute approximate surface area is 140 Å². The second kappa shape index (κ2) is 11.6. The van der Waals surface area contributed by atoms with Crippen molar-refractivity contribution in [3.63, 3.8) is 0 Å². The van der Waals surface area contributed by atoms with Crippen LogP contribution in [-0.4, -0.2) is 63.0 Å². The third-order valence-corrected chi connectivity index (χ3v) is 4.54. The summed E-state index contributed by atoms with van der Waals surface area (Å²) in [5.74, 6) is -0.524. The van der Waals surface area contributed by atoms with Crippen LogP contribution in [0.5, 0.6) is 0 Å². The zero-order chi connectivity index (χ0) is 17.8. The van der Waals surface area contributed by atoms with Crippen LogP contribution < -0.4 is 0 Å². The lowest BCUT2D eigenvalue weighted by molar-refractivity contribution is -0.890. The summed E-state index contributed by atoms with van der Waals surface area (Å²) in [7, 11) is 0.322. The summed E-state index contributed by atoms with van der Waals surface area (Å²) >= 11 is 0. The molecule has 23 heavy (non-hydrogen) atoms. The van der Waals surface area contributed by atoms with Crippen LogP contribution in [0.3, 0.4) is 0 Å². The maximum atomic E-state index is 10.8. The van der Waals surface area contributed by atoms with E-state index in [9.17, 15) is 13.2 Å². The molecule has 0 fully saturated rings. The van der Waals surface area contributed by atoms with Crippen molar-refractivity contribution in [1.82, 2.24) is 0 Å². The zero-order valence-corrected chi connectivity index (χ0v) is 15.3. The summed E-state index contributed by atoms with van der Waals surface area (Å²) in [6, 6.07) is 0. The second-order valence-corrected chi connectivity index (χ2v) is 8.09. The van der Waals surface area contributed by atoms with Crippen molar-refractivity contribution in [2.45, 2.75) is 44.9 Å². The van der Waals surface area contributed by atoms with E-state index in [0.29, 0.717) is 13.0 Å². The number of ether oxygens (including phenoxy) is 1. The monoisotopic (exact) mass is 350 g/mol. The molecule has 0 heterocycles. The topological polar surface area (TPSA) is 80.7 Å². The summed E-state index contributed by atoms with van der Waals surface area (Å²) in [6.45, 7) is 5.55. The summed E-state index contributed by atoms with van der Waals surface area (Å²) in [5.41, 5.74) is 0. The Balaban J connectivity index is 3.52. The van der Waals surface area contributed by atoms with E-state index in [1.165, 1.54) is 6.08 Å². The van der Waals surface area contributed by atoms with E-state index in [2.05, 4.69) is 20.7 Å². The van der Waals surface area contributed by atoms with Crippen molar-refractivity contribution in [3.8, 4) is 0 Å². The van der Waals surface area contributed by atoms with Gasteiger partial charge in [0.1, 0.15) is 0 Å². The average Bonchev–Trinajstić information content (AvgIpc) is 2.43. The van der Waals surface area contributed by atoms with Gasteiger partial charge in [0.05, 0.1) is 39.5 Å². The van der Waals surface area contributed by atoms with Crippen molar-refractivity contribution >= 4 is 16.1 Å². The van der Waals surface area contributed by atoms with E-state index >= 15 is 0 Å². The molecule has 0 aliphatic heterocycles.